The number of carbonyl (C=O) groups excluding carboxylic acids is 2. The molecule has 0 spiro atoms. The van der Waals surface area contributed by atoms with Crippen LogP contribution in [0.15, 0.2) is 24.3 Å². The molecule has 1 unspecified atom stereocenters. The molecule has 1 aliphatic heterocycles. The van der Waals surface area contributed by atoms with E-state index in [1.165, 1.54) is 0 Å². The first-order valence-corrected chi connectivity index (χ1v) is 8.51. The average molecular weight is 321 g/mol. The van der Waals surface area contributed by atoms with Crippen LogP contribution in [0.4, 0.5) is 0 Å². The minimum absolute atomic E-state index is 0.00358. The number of ether oxygens (including phenoxy) is 1. The molecule has 22 heavy (non-hydrogen) atoms. The third-order valence-electron chi connectivity index (χ3n) is 3.40. The van der Waals surface area contributed by atoms with E-state index in [2.05, 4.69) is 0 Å². The van der Waals surface area contributed by atoms with Crippen molar-refractivity contribution in [1.29, 1.82) is 0 Å². The van der Waals surface area contributed by atoms with E-state index in [1.54, 1.807) is 16.7 Å². The second-order valence-corrected chi connectivity index (χ2v) is 7.51. The molecule has 1 aromatic rings. The number of amides is 1. The predicted octanol–water partition coefficient (Wildman–Crippen LogP) is 3.30. The molecule has 1 heterocycles. The van der Waals surface area contributed by atoms with Gasteiger partial charge in [0.15, 0.2) is 0 Å². The van der Waals surface area contributed by atoms with Gasteiger partial charge in [-0.05, 0) is 38.8 Å². The van der Waals surface area contributed by atoms with Crippen molar-refractivity contribution >= 4 is 23.6 Å². The van der Waals surface area contributed by atoms with Gasteiger partial charge in [-0.15, -0.1) is 11.8 Å². The van der Waals surface area contributed by atoms with Crippen molar-refractivity contribution in [2.45, 2.75) is 45.1 Å². The maximum absolute atomic E-state index is 12.1. The summed E-state index contributed by atoms with van der Waals surface area (Å²) in [6.07, 6.45) is 0.228. The number of carbonyl (C=O) groups is 2. The van der Waals surface area contributed by atoms with Crippen LogP contribution in [-0.4, -0.2) is 34.7 Å². The molecule has 0 aromatic heterocycles. The van der Waals surface area contributed by atoms with Crippen LogP contribution in [0, 0.1) is 6.92 Å². The number of aryl methyl sites for hydroxylation is 1. The first-order valence-electron chi connectivity index (χ1n) is 7.46. The Morgan fingerprint density at radius 2 is 2.05 bits per heavy atom. The summed E-state index contributed by atoms with van der Waals surface area (Å²) in [4.78, 5) is 25.8. The van der Waals surface area contributed by atoms with Gasteiger partial charge in [-0.1, -0.05) is 24.3 Å². The molecule has 1 atom stereocenters. The van der Waals surface area contributed by atoms with Gasteiger partial charge in [-0.3, -0.25) is 9.59 Å². The Morgan fingerprint density at radius 3 is 2.68 bits per heavy atom. The van der Waals surface area contributed by atoms with E-state index < -0.39 is 5.60 Å². The second-order valence-electron chi connectivity index (χ2n) is 6.44. The number of hydrogen-bond acceptors (Lipinski definition) is 4. The lowest BCUT2D eigenvalue weighted by Gasteiger charge is -2.26. The summed E-state index contributed by atoms with van der Waals surface area (Å²) in [5.74, 6) is 0.287. The molecule has 5 heteroatoms. The summed E-state index contributed by atoms with van der Waals surface area (Å²) in [6.45, 7) is 7.98. The standard InChI is InChI=1S/C17H23NO3S/c1-12-7-5-6-8-13(12)16-18(14(19)11-22-16)10-9-15(20)21-17(2,3)4/h5-8,16H,9-11H2,1-4H3. The molecule has 1 saturated heterocycles. The van der Waals surface area contributed by atoms with E-state index >= 15 is 0 Å². The van der Waals surface area contributed by atoms with Crippen molar-refractivity contribution in [3.63, 3.8) is 0 Å². The van der Waals surface area contributed by atoms with Crippen molar-refractivity contribution in [2.24, 2.45) is 0 Å². The van der Waals surface area contributed by atoms with Gasteiger partial charge in [0.25, 0.3) is 0 Å². The van der Waals surface area contributed by atoms with Crippen LogP contribution in [0.25, 0.3) is 0 Å². The van der Waals surface area contributed by atoms with Gasteiger partial charge in [0.1, 0.15) is 11.0 Å². The van der Waals surface area contributed by atoms with E-state index in [0.717, 1.165) is 11.1 Å². The molecule has 0 radical (unpaired) electrons. The van der Waals surface area contributed by atoms with E-state index in [1.807, 2.05) is 52.0 Å². The number of esters is 1. The number of hydrogen-bond donors (Lipinski definition) is 0. The van der Waals surface area contributed by atoms with Crippen LogP contribution in [0.1, 0.15) is 43.7 Å². The van der Waals surface area contributed by atoms with E-state index in [0.29, 0.717) is 12.3 Å². The number of rotatable bonds is 4. The zero-order valence-electron chi connectivity index (χ0n) is 13.6. The Balaban J connectivity index is 2.03. The third kappa shape index (κ3) is 4.26. The maximum atomic E-state index is 12.1. The molecular formula is C17H23NO3S. The van der Waals surface area contributed by atoms with Gasteiger partial charge >= 0.3 is 5.97 Å². The fourth-order valence-corrected chi connectivity index (χ4v) is 3.73. The summed E-state index contributed by atoms with van der Waals surface area (Å²) in [7, 11) is 0. The second kappa shape index (κ2) is 6.73. The van der Waals surface area contributed by atoms with Crippen molar-refractivity contribution in [3.8, 4) is 0 Å². The van der Waals surface area contributed by atoms with Crippen LogP contribution in [0.3, 0.4) is 0 Å². The van der Waals surface area contributed by atoms with Crippen LogP contribution >= 0.6 is 11.8 Å². The lowest BCUT2D eigenvalue weighted by Crippen LogP contribution is -2.32. The molecule has 0 bridgehead atoms. The topological polar surface area (TPSA) is 46.6 Å². The molecule has 1 aromatic carbocycles. The first kappa shape index (κ1) is 16.9. The van der Waals surface area contributed by atoms with Gasteiger partial charge in [-0.25, -0.2) is 0 Å². The Bertz CT molecular complexity index is 565. The highest BCUT2D eigenvalue weighted by molar-refractivity contribution is 8.00. The zero-order valence-corrected chi connectivity index (χ0v) is 14.4. The summed E-state index contributed by atoms with van der Waals surface area (Å²) < 4.78 is 5.31. The number of thioether (sulfide) groups is 1. The van der Waals surface area contributed by atoms with Crippen LogP contribution < -0.4 is 0 Å². The van der Waals surface area contributed by atoms with Crippen molar-refractivity contribution in [2.75, 3.05) is 12.3 Å². The van der Waals surface area contributed by atoms with E-state index in [4.69, 9.17) is 4.74 Å². The first-order chi connectivity index (χ1) is 10.3. The largest absolute Gasteiger partial charge is 0.460 e. The molecule has 4 nitrogen and oxygen atoms in total. The van der Waals surface area contributed by atoms with Crippen molar-refractivity contribution in [1.82, 2.24) is 4.90 Å². The van der Waals surface area contributed by atoms with Gasteiger partial charge in [0, 0.05) is 6.54 Å². The Hall–Kier alpha value is -1.49. The third-order valence-corrected chi connectivity index (χ3v) is 4.64. The smallest absolute Gasteiger partial charge is 0.308 e. The summed E-state index contributed by atoms with van der Waals surface area (Å²) >= 11 is 1.61. The van der Waals surface area contributed by atoms with Crippen molar-refractivity contribution < 1.29 is 14.3 Å². The van der Waals surface area contributed by atoms with Gasteiger partial charge in [-0.2, -0.15) is 0 Å². The molecule has 2 rings (SSSR count). The summed E-state index contributed by atoms with van der Waals surface area (Å²) in [5, 5.41) is -0.00358. The highest BCUT2D eigenvalue weighted by atomic mass is 32.2. The molecule has 0 saturated carbocycles. The Labute approximate surface area is 136 Å². The highest BCUT2D eigenvalue weighted by Gasteiger charge is 2.33. The molecule has 120 valence electrons. The molecule has 0 N–H and O–H groups in total. The van der Waals surface area contributed by atoms with Crippen LogP contribution in [0.5, 0.6) is 0 Å². The lowest BCUT2D eigenvalue weighted by atomic mass is 10.1. The quantitative estimate of drug-likeness (QED) is 0.798. The predicted molar refractivity (Wildman–Crippen MR) is 88.6 cm³/mol. The summed E-state index contributed by atoms with van der Waals surface area (Å²) in [5.41, 5.74) is 1.82. The normalized spacial score (nSPS) is 18.6. The SMILES string of the molecule is Cc1ccccc1C1SCC(=O)N1CCC(=O)OC(C)(C)C. The van der Waals surface area contributed by atoms with Gasteiger partial charge < -0.3 is 9.64 Å². The minimum atomic E-state index is -0.490. The molecule has 0 aliphatic carbocycles. The van der Waals surface area contributed by atoms with Gasteiger partial charge in [0.2, 0.25) is 5.91 Å². The highest BCUT2D eigenvalue weighted by Crippen LogP contribution is 2.39. The summed E-state index contributed by atoms with van der Waals surface area (Å²) in [6, 6.07) is 8.07. The monoisotopic (exact) mass is 321 g/mol. The Kier molecular flexibility index (Phi) is 5.16. The van der Waals surface area contributed by atoms with Crippen LogP contribution in [0.2, 0.25) is 0 Å². The van der Waals surface area contributed by atoms with Crippen molar-refractivity contribution in [3.05, 3.63) is 35.4 Å². The van der Waals surface area contributed by atoms with E-state index in [-0.39, 0.29) is 23.7 Å². The molecule has 1 fully saturated rings. The number of nitrogens with zero attached hydrogens (tertiary/aromatic N) is 1. The fourth-order valence-electron chi connectivity index (χ4n) is 2.42. The number of benzene rings is 1. The van der Waals surface area contributed by atoms with Crippen LogP contribution in [-0.2, 0) is 14.3 Å². The lowest BCUT2D eigenvalue weighted by molar-refractivity contribution is -0.155. The Morgan fingerprint density at radius 1 is 1.36 bits per heavy atom. The average Bonchev–Trinajstić information content (AvgIpc) is 2.76. The maximum Gasteiger partial charge on any atom is 0.308 e. The molecule has 1 amide bonds. The fraction of sp³-hybridized carbons (Fsp3) is 0.529. The van der Waals surface area contributed by atoms with E-state index in [9.17, 15) is 9.59 Å². The molecule has 1 aliphatic rings. The van der Waals surface area contributed by atoms with Gasteiger partial charge in [0.05, 0.1) is 12.2 Å². The zero-order chi connectivity index (χ0) is 16.3. The molecular weight excluding hydrogens is 298 g/mol. The minimum Gasteiger partial charge on any atom is -0.460 e.